The molecule has 0 unspecified atom stereocenters. The van der Waals surface area contributed by atoms with Crippen LogP contribution in [-0.2, 0) is 13.1 Å². The average molecular weight is 285 g/mol. The van der Waals surface area contributed by atoms with Gasteiger partial charge in [-0.1, -0.05) is 13.0 Å². The minimum Gasteiger partial charge on any atom is -0.379 e. The standard InChI is InChI=1S/C17H23N3O/c1-4-9-20-10-5-6-15(20)12-19-16-11-14(17(21)18-3)8-7-13(16)2/h5-8,10-11,19H,4,9,12H2,1-3H3,(H,18,21). The van der Waals surface area contributed by atoms with Crippen LogP contribution in [0.1, 0.15) is 35.0 Å². The molecular formula is C17H23N3O. The first kappa shape index (κ1) is 15.2. The van der Waals surface area contributed by atoms with Crippen molar-refractivity contribution in [1.82, 2.24) is 9.88 Å². The SMILES string of the molecule is CCCn1cccc1CNc1cc(C(=O)NC)ccc1C. The van der Waals surface area contributed by atoms with Crippen LogP contribution in [0.2, 0.25) is 0 Å². The highest BCUT2D eigenvalue weighted by atomic mass is 16.1. The molecule has 0 spiro atoms. The molecule has 1 amide bonds. The number of benzene rings is 1. The van der Waals surface area contributed by atoms with Crippen LogP contribution in [0.3, 0.4) is 0 Å². The second kappa shape index (κ2) is 6.97. The maximum atomic E-state index is 11.7. The minimum absolute atomic E-state index is 0.0626. The number of nitrogens with one attached hydrogen (secondary N) is 2. The quantitative estimate of drug-likeness (QED) is 0.856. The van der Waals surface area contributed by atoms with Gasteiger partial charge in [-0.05, 0) is 43.2 Å². The number of amides is 1. The Labute approximate surface area is 126 Å². The zero-order valence-electron chi connectivity index (χ0n) is 12.9. The van der Waals surface area contributed by atoms with E-state index < -0.39 is 0 Å². The average Bonchev–Trinajstić information content (AvgIpc) is 2.93. The highest BCUT2D eigenvalue weighted by Crippen LogP contribution is 2.18. The molecule has 2 rings (SSSR count). The van der Waals surface area contributed by atoms with Crippen molar-refractivity contribution < 1.29 is 4.79 Å². The summed E-state index contributed by atoms with van der Waals surface area (Å²) in [6, 6.07) is 9.92. The lowest BCUT2D eigenvalue weighted by molar-refractivity contribution is 0.0963. The number of anilines is 1. The molecule has 0 atom stereocenters. The van der Waals surface area contributed by atoms with E-state index in [1.54, 1.807) is 7.05 Å². The summed E-state index contributed by atoms with van der Waals surface area (Å²) in [7, 11) is 1.65. The summed E-state index contributed by atoms with van der Waals surface area (Å²) in [6.45, 7) is 6.00. The van der Waals surface area contributed by atoms with Gasteiger partial charge in [0.1, 0.15) is 0 Å². The van der Waals surface area contributed by atoms with E-state index in [-0.39, 0.29) is 5.91 Å². The van der Waals surface area contributed by atoms with E-state index in [1.165, 1.54) is 5.69 Å². The summed E-state index contributed by atoms with van der Waals surface area (Å²) >= 11 is 0. The van der Waals surface area contributed by atoms with E-state index in [1.807, 2.05) is 25.1 Å². The molecule has 0 saturated carbocycles. The van der Waals surface area contributed by atoms with Gasteiger partial charge in [0.2, 0.25) is 0 Å². The summed E-state index contributed by atoms with van der Waals surface area (Å²) in [5.74, 6) is -0.0626. The zero-order valence-corrected chi connectivity index (χ0v) is 12.9. The van der Waals surface area contributed by atoms with Crippen molar-refractivity contribution in [3.63, 3.8) is 0 Å². The summed E-state index contributed by atoms with van der Waals surface area (Å²) in [5, 5.41) is 6.09. The minimum atomic E-state index is -0.0626. The third-order valence-corrected chi connectivity index (χ3v) is 3.57. The monoisotopic (exact) mass is 285 g/mol. The lowest BCUT2D eigenvalue weighted by Gasteiger charge is -2.13. The van der Waals surface area contributed by atoms with Crippen LogP contribution in [0.15, 0.2) is 36.5 Å². The lowest BCUT2D eigenvalue weighted by atomic mass is 10.1. The topological polar surface area (TPSA) is 46.1 Å². The maximum absolute atomic E-state index is 11.7. The summed E-state index contributed by atoms with van der Waals surface area (Å²) in [6.07, 6.45) is 3.22. The number of aromatic nitrogens is 1. The van der Waals surface area contributed by atoms with Gasteiger partial charge in [-0.3, -0.25) is 4.79 Å². The zero-order chi connectivity index (χ0) is 15.2. The van der Waals surface area contributed by atoms with E-state index in [9.17, 15) is 4.79 Å². The Hall–Kier alpha value is -2.23. The summed E-state index contributed by atoms with van der Waals surface area (Å²) in [4.78, 5) is 11.7. The number of hydrogen-bond donors (Lipinski definition) is 2. The van der Waals surface area contributed by atoms with Crippen molar-refractivity contribution in [2.45, 2.75) is 33.4 Å². The molecule has 0 bridgehead atoms. The Morgan fingerprint density at radius 2 is 2.10 bits per heavy atom. The molecule has 0 aliphatic carbocycles. The summed E-state index contributed by atoms with van der Waals surface area (Å²) < 4.78 is 2.25. The van der Waals surface area contributed by atoms with Gasteiger partial charge in [0, 0.05) is 36.7 Å². The molecule has 0 aliphatic heterocycles. The molecule has 4 heteroatoms. The smallest absolute Gasteiger partial charge is 0.251 e. The predicted molar refractivity (Wildman–Crippen MR) is 86.6 cm³/mol. The maximum Gasteiger partial charge on any atom is 0.251 e. The Bertz CT molecular complexity index is 616. The van der Waals surface area contributed by atoms with E-state index in [4.69, 9.17) is 0 Å². The third kappa shape index (κ3) is 3.66. The Morgan fingerprint density at radius 1 is 1.29 bits per heavy atom. The molecule has 21 heavy (non-hydrogen) atoms. The first-order valence-corrected chi connectivity index (χ1v) is 7.36. The second-order valence-corrected chi connectivity index (χ2v) is 5.16. The fourth-order valence-corrected chi connectivity index (χ4v) is 2.35. The van der Waals surface area contributed by atoms with Gasteiger partial charge in [-0.2, -0.15) is 0 Å². The van der Waals surface area contributed by atoms with Crippen LogP contribution >= 0.6 is 0 Å². The van der Waals surface area contributed by atoms with E-state index in [2.05, 4.69) is 40.5 Å². The van der Waals surface area contributed by atoms with Crippen LogP contribution in [0, 0.1) is 6.92 Å². The van der Waals surface area contributed by atoms with Crippen LogP contribution in [0.4, 0.5) is 5.69 Å². The Balaban J connectivity index is 2.12. The molecule has 2 aromatic rings. The highest BCUT2D eigenvalue weighted by molar-refractivity contribution is 5.95. The van der Waals surface area contributed by atoms with Gasteiger partial charge in [-0.25, -0.2) is 0 Å². The van der Waals surface area contributed by atoms with Crippen LogP contribution in [-0.4, -0.2) is 17.5 Å². The van der Waals surface area contributed by atoms with Crippen molar-refractivity contribution in [3.05, 3.63) is 53.3 Å². The van der Waals surface area contributed by atoms with Crippen LogP contribution < -0.4 is 10.6 Å². The van der Waals surface area contributed by atoms with Crippen molar-refractivity contribution >= 4 is 11.6 Å². The van der Waals surface area contributed by atoms with E-state index in [0.29, 0.717) is 5.56 Å². The number of carbonyl (C=O) groups excluding carboxylic acids is 1. The van der Waals surface area contributed by atoms with Gasteiger partial charge in [0.05, 0.1) is 6.54 Å². The van der Waals surface area contributed by atoms with Gasteiger partial charge in [0.15, 0.2) is 0 Å². The molecule has 0 aliphatic rings. The third-order valence-electron chi connectivity index (χ3n) is 3.57. The Morgan fingerprint density at radius 3 is 2.81 bits per heavy atom. The second-order valence-electron chi connectivity index (χ2n) is 5.16. The number of nitrogens with zero attached hydrogens (tertiary/aromatic N) is 1. The van der Waals surface area contributed by atoms with Crippen molar-refractivity contribution in [1.29, 1.82) is 0 Å². The molecule has 1 aromatic heterocycles. The Kier molecular flexibility index (Phi) is 5.04. The molecule has 0 radical (unpaired) electrons. The predicted octanol–water partition coefficient (Wildman–Crippen LogP) is 3.18. The first-order chi connectivity index (χ1) is 10.2. The molecule has 0 fully saturated rings. The number of aryl methyl sites for hydroxylation is 2. The fraction of sp³-hybridized carbons (Fsp3) is 0.353. The largest absolute Gasteiger partial charge is 0.379 e. The summed E-state index contributed by atoms with van der Waals surface area (Å²) in [5.41, 5.74) is 4.06. The first-order valence-electron chi connectivity index (χ1n) is 7.36. The molecule has 112 valence electrons. The van der Waals surface area contributed by atoms with Crippen LogP contribution in [0.5, 0.6) is 0 Å². The molecule has 2 N–H and O–H groups in total. The van der Waals surface area contributed by atoms with E-state index >= 15 is 0 Å². The molecular weight excluding hydrogens is 262 g/mol. The van der Waals surface area contributed by atoms with Gasteiger partial charge in [0.25, 0.3) is 5.91 Å². The normalized spacial score (nSPS) is 10.4. The fourth-order valence-electron chi connectivity index (χ4n) is 2.35. The highest BCUT2D eigenvalue weighted by Gasteiger charge is 2.07. The van der Waals surface area contributed by atoms with E-state index in [0.717, 1.165) is 30.8 Å². The van der Waals surface area contributed by atoms with Crippen molar-refractivity contribution in [3.8, 4) is 0 Å². The number of rotatable bonds is 6. The van der Waals surface area contributed by atoms with Gasteiger partial charge < -0.3 is 15.2 Å². The lowest BCUT2D eigenvalue weighted by Crippen LogP contribution is -2.18. The van der Waals surface area contributed by atoms with Crippen LogP contribution in [0.25, 0.3) is 0 Å². The number of carbonyl (C=O) groups is 1. The molecule has 4 nitrogen and oxygen atoms in total. The number of hydrogen-bond acceptors (Lipinski definition) is 2. The van der Waals surface area contributed by atoms with Crippen molar-refractivity contribution in [2.75, 3.05) is 12.4 Å². The van der Waals surface area contributed by atoms with Gasteiger partial charge >= 0.3 is 0 Å². The molecule has 1 aromatic carbocycles. The molecule has 1 heterocycles. The van der Waals surface area contributed by atoms with Crippen molar-refractivity contribution in [2.24, 2.45) is 0 Å². The molecule has 0 saturated heterocycles. The van der Waals surface area contributed by atoms with Gasteiger partial charge in [-0.15, -0.1) is 0 Å².